The molecule has 0 aromatic carbocycles. The van der Waals surface area contributed by atoms with Gasteiger partial charge in [-0.3, -0.25) is 10.2 Å². The highest BCUT2D eigenvalue weighted by atomic mass is 32.2. The van der Waals surface area contributed by atoms with Crippen molar-refractivity contribution in [1.82, 2.24) is 15.4 Å². The Balaban J connectivity index is 2.03. The number of rotatable bonds is 4. The number of carbonyl (C=O) groups is 1. The van der Waals surface area contributed by atoms with Gasteiger partial charge in [-0.25, -0.2) is 15.8 Å². The van der Waals surface area contributed by atoms with E-state index in [9.17, 15) is 4.79 Å². The van der Waals surface area contributed by atoms with Gasteiger partial charge in [0.2, 0.25) is 0 Å². The first-order chi connectivity index (χ1) is 8.29. The summed E-state index contributed by atoms with van der Waals surface area (Å²) in [5.41, 5.74) is 3.09. The highest BCUT2D eigenvalue weighted by Gasteiger charge is 2.07. The summed E-state index contributed by atoms with van der Waals surface area (Å²) in [5.74, 6) is 5.20. The molecule has 0 unspecified atom stereocenters. The minimum absolute atomic E-state index is 0.290. The van der Waals surface area contributed by atoms with E-state index in [1.165, 1.54) is 18.0 Å². The monoisotopic (exact) mass is 250 g/mol. The zero-order chi connectivity index (χ0) is 12.1. The molecule has 2 aromatic rings. The van der Waals surface area contributed by atoms with Gasteiger partial charge in [-0.05, 0) is 12.1 Å². The number of hydrogen-bond donors (Lipinski definition) is 2. The van der Waals surface area contributed by atoms with E-state index < -0.39 is 5.91 Å². The number of amides is 1. The quantitative estimate of drug-likeness (QED) is 0.363. The van der Waals surface area contributed by atoms with E-state index in [-0.39, 0.29) is 5.69 Å². The van der Waals surface area contributed by atoms with Gasteiger partial charge in [-0.15, -0.1) is 0 Å². The van der Waals surface area contributed by atoms with Crippen LogP contribution in [0.1, 0.15) is 16.2 Å². The van der Waals surface area contributed by atoms with Crippen molar-refractivity contribution in [2.45, 2.75) is 11.0 Å². The maximum Gasteiger partial charge on any atom is 0.283 e. The minimum atomic E-state index is -0.409. The van der Waals surface area contributed by atoms with Crippen LogP contribution in [0.5, 0.6) is 0 Å². The molecule has 3 N–H and O–H groups in total. The van der Waals surface area contributed by atoms with Crippen molar-refractivity contribution in [3.63, 3.8) is 0 Å². The fourth-order valence-electron chi connectivity index (χ4n) is 1.18. The van der Waals surface area contributed by atoms with Crippen molar-refractivity contribution < 1.29 is 9.21 Å². The summed E-state index contributed by atoms with van der Waals surface area (Å²) in [5, 5.41) is 0.570. The van der Waals surface area contributed by atoms with Crippen molar-refractivity contribution >= 4 is 17.7 Å². The molecule has 6 nitrogen and oxygen atoms in total. The lowest BCUT2D eigenvalue weighted by atomic mass is 10.3. The minimum Gasteiger partial charge on any atom is -0.440 e. The Morgan fingerprint density at radius 2 is 2.41 bits per heavy atom. The summed E-state index contributed by atoms with van der Waals surface area (Å²) < 4.78 is 5.08. The highest BCUT2D eigenvalue weighted by molar-refractivity contribution is 7.98. The molecule has 1 amide bonds. The number of oxazole rings is 1. The second kappa shape index (κ2) is 5.46. The van der Waals surface area contributed by atoms with Crippen LogP contribution in [-0.4, -0.2) is 15.9 Å². The number of carbonyl (C=O) groups excluding carboxylic acids is 1. The SMILES string of the molecule is NNC(=O)c1cccc(CSc2ncco2)n1. The predicted molar refractivity (Wildman–Crippen MR) is 62.0 cm³/mol. The molecular formula is C10H10N4O2S. The lowest BCUT2D eigenvalue weighted by molar-refractivity contribution is 0.0948. The summed E-state index contributed by atoms with van der Waals surface area (Å²) in [6, 6.07) is 5.17. The van der Waals surface area contributed by atoms with E-state index in [0.717, 1.165) is 5.69 Å². The van der Waals surface area contributed by atoms with E-state index in [4.69, 9.17) is 10.3 Å². The van der Waals surface area contributed by atoms with Crippen LogP contribution < -0.4 is 11.3 Å². The molecule has 0 radical (unpaired) electrons. The number of nitrogens with one attached hydrogen (secondary N) is 1. The number of pyridine rings is 1. The number of hydrazine groups is 1. The number of thioether (sulfide) groups is 1. The van der Waals surface area contributed by atoms with E-state index >= 15 is 0 Å². The van der Waals surface area contributed by atoms with Gasteiger partial charge in [0.25, 0.3) is 11.1 Å². The van der Waals surface area contributed by atoms with Crippen LogP contribution in [0.2, 0.25) is 0 Å². The van der Waals surface area contributed by atoms with Crippen LogP contribution >= 0.6 is 11.8 Å². The second-order valence-electron chi connectivity index (χ2n) is 3.07. The number of hydrogen-bond acceptors (Lipinski definition) is 6. The average Bonchev–Trinajstić information content (AvgIpc) is 2.89. The molecule has 0 saturated heterocycles. The Bertz CT molecular complexity index is 501. The Morgan fingerprint density at radius 3 is 3.12 bits per heavy atom. The van der Waals surface area contributed by atoms with E-state index in [1.54, 1.807) is 18.3 Å². The lowest BCUT2D eigenvalue weighted by Crippen LogP contribution is -2.30. The normalized spacial score (nSPS) is 10.2. The Morgan fingerprint density at radius 1 is 1.53 bits per heavy atom. The first kappa shape index (κ1) is 11.6. The number of nitrogen functional groups attached to an aromatic ring is 1. The topological polar surface area (TPSA) is 94.0 Å². The molecule has 0 aliphatic carbocycles. The van der Waals surface area contributed by atoms with Crippen molar-refractivity contribution in [3.05, 3.63) is 42.0 Å². The zero-order valence-electron chi connectivity index (χ0n) is 8.79. The van der Waals surface area contributed by atoms with Gasteiger partial charge in [0.15, 0.2) is 0 Å². The molecule has 0 spiro atoms. The average molecular weight is 250 g/mol. The Labute approximate surface area is 102 Å². The van der Waals surface area contributed by atoms with Gasteiger partial charge in [-0.2, -0.15) is 0 Å². The summed E-state index contributed by atoms with van der Waals surface area (Å²) in [4.78, 5) is 19.4. The lowest BCUT2D eigenvalue weighted by Gasteiger charge is -2.01. The van der Waals surface area contributed by atoms with Gasteiger partial charge in [0, 0.05) is 5.75 Å². The van der Waals surface area contributed by atoms with Gasteiger partial charge in [0.05, 0.1) is 11.9 Å². The largest absolute Gasteiger partial charge is 0.440 e. The van der Waals surface area contributed by atoms with Crippen LogP contribution in [0, 0.1) is 0 Å². The van der Waals surface area contributed by atoms with Crippen LogP contribution in [0.4, 0.5) is 0 Å². The van der Waals surface area contributed by atoms with Crippen LogP contribution in [-0.2, 0) is 5.75 Å². The molecule has 2 rings (SSSR count). The third-order valence-corrected chi connectivity index (χ3v) is 2.81. The van der Waals surface area contributed by atoms with Gasteiger partial charge in [0.1, 0.15) is 12.0 Å². The molecule has 2 aromatic heterocycles. The van der Waals surface area contributed by atoms with Crippen molar-refractivity contribution in [3.8, 4) is 0 Å². The van der Waals surface area contributed by atoms with Crippen molar-refractivity contribution in [2.75, 3.05) is 0 Å². The van der Waals surface area contributed by atoms with Crippen molar-refractivity contribution in [2.24, 2.45) is 5.84 Å². The van der Waals surface area contributed by atoms with E-state index in [0.29, 0.717) is 11.0 Å². The molecule has 7 heteroatoms. The summed E-state index contributed by atoms with van der Waals surface area (Å²) in [6.45, 7) is 0. The first-order valence-corrected chi connectivity index (χ1v) is 5.77. The van der Waals surface area contributed by atoms with Gasteiger partial charge in [-0.1, -0.05) is 17.8 Å². The maximum absolute atomic E-state index is 11.3. The van der Waals surface area contributed by atoms with E-state index in [2.05, 4.69) is 9.97 Å². The number of nitrogens with two attached hydrogens (primary N) is 1. The van der Waals surface area contributed by atoms with Gasteiger partial charge < -0.3 is 4.42 Å². The predicted octanol–water partition coefficient (Wildman–Crippen LogP) is 0.965. The molecular weight excluding hydrogens is 240 g/mol. The fourth-order valence-corrected chi connectivity index (χ4v) is 1.87. The van der Waals surface area contributed by atoms with Gasteiger partial charge >= 0.3 is 0 Å². The Kier molecular flexibility index (Phi) is 3.73. The molecule has 0 fully saturated rings. The number of nitrogens with zero attached hydrogens (tertiary/aromatic N) is 2. The zero-order valence-corrected chi connectivity index (χ0v) is 9.61. The molecule has 0 aliphatic rings. The van der Waals surface area contributed by atoms with Crippen molar-refractivity contribution in [1.29, 1.82) is 0 Å². The fraction of sp³-hybridized carbons (Fsp3) is 0.100. The molecule has 0 saturated carbocycles. The van der Waals surface area contributed by atoms with E-state index in [1.807, 2.05) is 11.5 Å². The first-order valence-electron chi connectivity index (χ1n) is 4.79. The van der Waals surface area contributed by atoms with Crippen LogP contribution in [0.25, 0.3) is 0 Å². The number of aromatic nitrogens is 2. The summed E-state index contributed by atoms with van der Waals surface area (Å²) in [6.07, 6.45) is 3.09. The van der Waals surface area contributed by atoms with Crippen LogP contribution in [0.15, 0.2) is 40.3 Å². The highest BCUT2D eigenvalue weighted by Crippen LogP contribution is 2.19. The molecule has 88 valence electrons. The molecule has 2 heterocycles. The summed E-state index contributed by atoms with van der Waals surface area (Å²) in [7, 11) is 0. The molecule has 0 bridgehead atoms. The standard InChI is InChI=1S/C10H10N4O2S/c11-14-9(15)8-3-1-2-7(13-8)6-17-10-12-4-5-16-10/h1-5H,6,11H2,(H,14,15). The third kappa shape index (κ3) is 3.05. The molecule has 17 heavy (non-hydrogen) atoms. The third-order valence-electron chi connectivity index (χ3n) is 1.92. The molecule has 0 atom stereocenters. The Hall–Kier alpha value is -1.86. The maximum atomic E-state index is 11.3. The summed E-state index contributed by atoms with van der Waals surface area (Å²) >= 11 is 1.40. The smallest absolute Gasteiger partial charge is 0.283 e. The molecule has 0 aliphatic heterocycles. The van der Waals surface area contributed by atoms with Crippen LogP contribution in [0.3, 0.4) is 0 Å². The second-order valence-corrected chi connectivity index (χ2v) is 4.00.